The van der Waals surface area contributed by atoms with E-state index in [0.717, 1.165) is 19.3 Å². The summed E-state index contributed by atoms with van der Waals surface area (Å²) >= 11 is 0. The maximum Gasteiger partial charge on any atom is 0.345 e. The molecule has 1 aliphatic heterocycles. The van der Waals surface area contributed by atoms with E-state index >= 15 is 0 Å². The van der Waals surface area contributed by atoms with E-state index in [1.165, 1.54) is 25.7 Å². The number of hydrogen-bond donors (Lipinski definition) is 1. The van der Waals surface area contributed by atoms with Gasteiger partial charge in [-0.05, 0) is 13.3 Å². The smallest absolute Gasteiger partial charge is 0.345 e. The van der Waals surface area contributed by atoms with Crippen molar-refractivity contribution in [3.8, 4) is 0 Å². The number of cyclic esters (lactones) is 1. The Labute approximate surface area is 121 Å². The molecule has 1 aliphatic rings. The van der Waals surface area contributed by atoms with Crippen LogP contribution in [-0.2, 0) is 14.3 Å². The van der Waals surface area contributed by atoms with Gasteiger partial charge in [0.05, 0.1) is 0 Å². The molecule has 0 saturated carbocycles. The molecule has 0 aromatic rings. The van der Waals surface area contributed by atoms with Gasteiger partial charge in [0.1, 0.15) is 17.4 Å². The van der Waals surface area contributed by atoms with Crippen molar-refractivity contribution in [2.75, 3.05) is 0 Å². The van der Waals surface area contributed by atoms with Gasteiger partial charge in [0.25, 0.3) is 0 Å². The molecule has 1 saturated heterocycles. The van der Waals surface area contributed by atoms with Crippen LogP contribution in [0.15, 0.2) is 11.3 Å². The molecule has 1 unspecified atom stereocenters. The summed E-state index contributed by atoms with van der Waals surface area (Å²) in [5.74, 6) is -1.07. The van der Waals surface area contributed by atoms with Crippen molar-refractivity contribution in [3.05, 3.63) is 11.3 Å². The standard InChI is InChI=1S/C16H26O4/c1-3-4-5-6-7-8-9-10-13(17)15-14(18)11-12(2)20-16(15)19/h12,17H,3-11H2,1-2H3. The lowest BCUT2D eigenvalue weighted by Gasteiger charge is -2.20. The molecule has 1 atom stereocenters. The van der Waals surface area contributed by atoms with Crippen LogP contribution in [0.2, 0.25) is 0 Å². The van der Waals surface area contributed by atoms with Crippen LogP contribution >= 0.6 is 0 Å². The number of Topliss-reactive ketones (excluding diaryl/α,β-unsaturated/α-hetero) is 1. The Morgan fingerprint density at radius 3 is 2.35 bits per heavy atom. The van der Waals surface area contributed by atoms with Crippen LogP contribution < -0.4 is 0 Å². The van der Waals surface area contributed by atoms with Crippen LogP contribution in [0.4, 0.5) is 0 Å². The van der Waals surface area contributed by atoms with Crippen molar-refractivity contribution in [1.29, 1.82) is 0 Å². The van der Waals surface area contributed by atoms with Crippen LogP contribution in [0.25, 0.3) is 0 Å². The first-order chi connectivity index (χ1) is 9.56. The molecule has 1 heterocycles. The second-order valence-electron chi connectivity index (χ2n) is 5.54. The van der Waals surface area contributed by atoms with Crippen molar-refractivity contribution in [1.82, 2.24) is 0 Å². The van der Waals surface area contributed by atoms with E-state index in [4.69, 9.17) is 4.74 Å². The van der Waals surface area contributed by atoms with Crippen molar-refractivity contribution in [2.24, 2.45) is 0 Å². The Kier molecular flexibility index (Phi) is 7.34. The number of carbonyl (C=O) groups is 2. The van der Waals surface area contributed by atoms with Gasteiger partial charge >= 0.3 is 5.97 Å². The highest BCUT2D eigenvalue weighted by molar-refractivity contribution is 6.19. The molecular formula is C16H26O4. The molecule has 1 N–H and O–H groups in total. The molecule has 0 spiro atoms. The number of unbranched alkanes of at least 4 members (excludes halogenated alkanes) is 6. The topological polar surface area (TPSA) is 63.6 Å². The zero-order valence-corrected chi connectivity index (χ0v) is 12.6. The van der Waals surface area contributed by atoms with E-state index in [-0.39, 0.29) is 29.6 Å². The zero-order valence-electron chi connectivity index (χ0n) is 12.6. The Hall–Kier alpha value is -1.32. The van der Waals surface area contributed by atoms with Crippen molar-refractivity contribution in [2.45, 2.75) is 77.7 Å². The average molecular weight is 282 g/mol. The number of allylic oxidation sites excluding steroid dienone is 1. The van der Waals surface area contributed by atoms with Crippen molar-refractivity contribution < 1.29 is 19.4 Å². The first-order valence-corrected chi connectivity index (χ1v) is 7.72. The highest BCUT2D eigenvalue weighted by atomic mass is 16.5. The summed E-state index contributed by atoms with van der Waals surface area (Å²) in [6, 6.07) is 0. The Morgan fingerprint density at radius 2 is 1.75 bits per heavy atom. The average Bonchev–Trinajstić information content (AvgIpc) is 2.36. The number of aliphatic hydroxyl groups excluding tert-OH is 1. The third-order valence-electron chi connectivity index (χ3n) is 3.57. The van der Waals surface area contributed by atoms with Gasteiger partial charge in [-0.3, -0.25) is 4.79 Å². The van der Waals surface area contributed by atoms with E-state index in [9.17, 15) is 14.7 Å². The summed E-state index contributed by atoms with van der Waals surface area (Å²) in [7, 11) is 0. The molecule has 20 heavy (non-hydrogen) atoms. The molecule has 0 radical (unpaired) electrons. The monoisotopic (exact) mass is 282 g/mol. The van der Waals surface area contributed by atoms with Gasteiger partial charge in [0.15, 0.2) is 5.78 Å². The molecule has 1 rings (SSSR count). The fourth-order valence-corrected chi connectivity index (χ4v) is 2.41. The van der Waals surface area contributed by atoms with Gasteiger partial charge in [-0.1, -0.05) is 45.4 Å². The number of hydrogen-bond acceptors (Lipinski definition) is 4. The predicted octanol–water partition coefficient (Wildman–Crippen LogP) is 3.84. The van der Waals surface area contributed by atoms with Gasteiger partial charge in [-0.15, -0.1) is 0 Å². The maximum absolute atomic E-state index is 11.7. The lowest BCUT2D eigenvalue weighted by Crippen LogP contribution is -2.31. The summed E-state index contributed by atoms with van der Waals surface area (Å²) in [5.41, 5.74) is -0.130. The Morgan fingerprint density at radius 1 is 1.15 bits per heavy atom. The Bertz CT molecular complexity index is 351. The van der Waals surface area contributed by atoms with Gasteiger partial charge < -0.3 is 9.84 Å². The fourth-order valence-electron chi connectivity index (χ4n) is 2.41. The van der Waals surface area contributed by atoms with E-state index in [1.807, 2.05) is 0 Å². The zero-order chi connectivity index (χ0) is 15.0. The van der Waals surface area contributed by atoms with Crippen molar-refractivity contribution in [3.63, 3.8) is 0 Å². The quantitative estimate of drug-likeness (QED) is 0.241. The Balaban J connectivity index is 2.33. The van der Waals surface area contributed by atoms with E-state index < -0.39 is 5.97 Å². The number of ketones is 1. The fraction of sp³-hybridized carbons (Fsp3) is 0.750. The van der Waals surface area contributed by atoms with E-state index in [0.29, 0.717) is 6.42 Å². The minimum absolute atomic E-state index is 0.0968. The summed E-state index contributed by atoms with van der Waals surface area (Å²) < 4.78 is 4.98. The highest BCUT2D eigenvalue weighted by Gasteiger charge is 2.32. The molecule has 0 amide bonds. The van der Waals surface area contributed by atoms with Crippen LogP contribution in [0.5, 0.6) is 0 Å². The molecule has 0 aromatic carbocycles. The van der Waals surface area contributed by atoms with E-state index in [1.54, 1.807) is 6.92 Å². The number of carbonyl (C=O) groups excluding carboxylic acids is 2. The minimum Gasteiger partial charge on any atom is -0.511 e. The van der Waals surface area contributed by atoms with Gasteiger partial charge in [0, 0.05) is 12.8 Å². The molecule has 0 aliphatic carbocycles. The first-order valence-electron chi connectivity index (χ1n) is 7.72. The van der Waals surface area contributed by atoms with Gasteiger partial charge in [-0.2, -0.15) is 0 Å². The molecule has 0 bridgehead atoms. The highest BCUT2D eigenvalue weighted by Crippen LogP contribution is 2.21. The number of rotatable bonds is 8. The van der Waals surface area contributed by atoms with E-state index in [2.05, 4.69) is 6.92 Å². The number of esters is 1. The number of ether oxygens (including phenoxy) is 1. The van der Waals surface area contributed by atoms with Crippen LogP contribution in [0.1, 0.15) is 71.6 Å². The predicted molar refractivity (Wildman–Crippen MR) is 77.4 cm³/mol. The molecule has 4 nitrogen and oxygen atoms in total. The SMILES string of the molecule is CCCCCCCCCC(O)=C1C(=O)CC(C)OC1=O. The van der Waals surface area contributed by atoms with Crippen LogP contribution in [0.3, 0.4) is 0 Å². The lowest BCUT2D eigenvalue weighted by atomic mass is 9.99. The summed E-state index contributed by atoms with van der Waals surface area (Å²) in [6.07, 6.45) is 8.10. The molecule has 114 valence electrons. The summed E-state index contributed by atoms with van der Waals surface area (Å²) in [5, 5.41) is 9.90. The van der Waals surface area contributed by atoms with Gasteiger partial charge in [0.2, 0.25) is 0 Å². The third-order valence-corrected chi connectivity index (χ3v) is 3.57. The minimum atomic E-state index is -0.672. The third kappa shape index (κ3) is 5.35. The van der Waals surface area contributed by atoms with Gasteiger partial charge in [-0.25, -0.2) is 4.79 Å². The van der Waals surface area contributed by atoms with Crippen molar-refractivity contribution >= 4 is 11.8 Å². The molecule has 1 fully saturated rings. The molecule has 0 aromatic heterocycles. The second kappa shape index (κ2) is 8.77. The second-order valence-corrected chi connectivity index (χ2v) is 5.54. The largest absolute Gasteiger partial charge is 0.511 e. The molecular weight excluding hydrogens is 256 g/mol. The summed E-state index contributed by atoms with van der Waals surface area (Å²) in [4.78, 5) is 23.3. The maximum atomic E-state index is 11.7. The lowest BCUT2D eigenvalue weighted by molar-refractivity contribution is -0.150. The summed E-state index contributed by atoms with van der Waals surface area (Å²) in [6.45, 7) is 3.87. The van der Waals surface area contributed by atoms with Crippen LogP contribution in [-0.4, -0.2) is 23.0 Å². The first kappa shape index (κ1) is 16.7. The number of aliphatic hydroxyl groups is 1. The normalized spacial score (nSPS) is 21.8. The molecule has 4 heteroatoms. The van der Waals surface area contributed by atoms with Crippen LogP contribution in [0, 0.1) is 0 Å².